The second kappa shape index (κ2) is 8.70. The quantitative estimate of drug-likeness (QED) is 0.370. The monoisotopic (exact) mass is 417 g/mol. The average molecular weight is 417 g/mol. The van der Waals surface area contributed by atoms with E-state index < -0.39 is 19.0 Å². The van der Waals surface area contributed by atoms with E-state index in [0.717, 1.165) is 23.0 Å². The maximum absolute atomic E-state index is 14.2. The van der Waals surface area contributed by atoms with Crippen LogP contribution in [0.2, 0.25) is 0 Å². The van der Waals surface area contributed by atoms with Crippen molar-refractivity contribution in [3.05, 3.63) is 0 Å². The lowest BCUT2D eigenvalue weighted by atomic mass is 11.0. The summed E-state index contributed by atoms with van der Waals surface area (Å²) in [6.07, 6.45) is 0. The standard InChI is InChI=1S/C8H20F2N3P3S4/c1-5-17-15(18-6-2)11-14(9,10)12-16(13-15,19-7-3)20-8-4/h5-8H2,1-4H3. The normalized spacial score (nSPS) is 22.5. The Balaban J connectivity index is 3.47. The van der Waals surface area contributed by atoms with Gasteiger partial charge in [0, 0.05) is 0 Å². The lowest BCUT2D eigenvalue weighted by molar-refractivity contribution is 0.728. The number of halogens is 2. The summed E-state index contributed by atoms with van der Waals surface area (Å²) < 4.78 is 41.0. The first-order valence-electron chi connectivity index (χ1n) is 6.25. The Morgan fingerprint density at radius 2 is 1.00 bits per heavy atom. The Morgan fingerprint density at radius 1 is 0.650 bits per heavy atom. The fourth-order valence-electron chi connectivity index (χ4n) is 1.42. The van der Waals surface area contributed by atoms with E-state index in [1.165, 1.54) is 45.5 Å². The van der Waals surface area contributed by atoms with Gasteiger partial charge in [0.1, 0.15) is 0 Å². The van der Waals surface area contributed by atoms with Crippen molar-refractivity contribution in [2.45, 2.75) is 27.7 Å². The SMILES string of the molecule is CCSP1(SCC)=NP(F)(F)=NP(SCC)(SCC)=N1. The molecule has 20 heavy (non-hydrogen) atoms. The maximum atomic E-state index is 14.2. The first-order chi connectivity index (χ1) is 9.36. The van der Waals surface area contributed by atoms with Gasteiger partial charge in [0.15, 0.2) is 11.2 Å². The van der Waals surface area contributed by atoms with Crippen molar-refractivity contribution in [3.8, 4) is 0 Å². The molecule has 12 heteroatoms. The molecule has 0 aromatic carbocycles. The van der Waals surface area contributed by atoms with Crippen LogP contribution in [0.3, 0.4) is 0 Å². The minimum atomic E-state index is -4.53. The molecule has 0 aromatic rings. The van der Waals surface area contributed by atoms with Crippen LogP contribution in [0.1, 0.15) is 27.7 Å². The first-order valence-corrected chi connectivity index (χ1v) is 17.5. The van der Waals surface area contributed by atoms with Crippen molar-refractivity contribution in [1.82, 2.24) is 0 Å². The summed E-state index contributed by atoms with van der Waals surface area (Å²) in [5.74, 6) is 3.06. The largest absolute Gasteiger partial charge is 0.419 e. The fourth-order valence-corrected chi connectivity index (χ4v) is 31.3. The molecule has 1 rings (SSSR count). The van der Waals surface area contributed by atoms with Crippen molar-refractivity contribution in [3.63, 3.8) is 0 Å². The molecule has 0 bridgehead atoms. The van der Waals surface area contributed by atoms with Gasteiger partial charge >= 0.3 is 7.83 Å². The van der Waals surface area contributed by atoms with Gasteiger partial charge in [-0.1, -0.05) is 73.2 Å². The lowest BCUT2D eigenvalue weighted by Crippen LogP contribution is -1.80. The number of rotatable bonds is 8. The van der Waals surface area contributed by atoms with E-state index in [0.29, 0.717) is 0 Å². The zero-order valence-corrected chi connectivity index (χ0v) is 17.8. The topological polar surface area (TPSA) is 37.1 Å². The summed E-state index contributed by atoms with van der Waals surface area (Å²) >= 11 is 6.04. The van der Waals surface area contributed by atoms with E-state index in [1.54, 1.807) is 0 Å². The van der Waals surface area contributed by atoms with Gasteiger partial charge in [-0.3, -0.25) is 0 Å². The van der Waals surface area contributed by atoms with E-state index >= 15 is 0 Å². The number of hydrogen-bond donors (Lipinski definition) is 0. The molecule has 0 spiro atoms. The highest BCUT2D eigenvalue weighted by Crippen LogP contribution is 2.92. The van der Waals surface area contributed by atoms with Crippen LogP contribution < -0.4 is 0 Å². The highest BCUT2D eigenvalue weighted by molar-refractivity contribution is 8.96. The molecule has 0 amide bonds. The van der Waals surface area contributed by atoms with Crippen molar-refractivity contribution in [1.29, 1.82) is 0 Å². The summed E-state index contributed by atoms with van der Waals surface area (Å²) in [6, 6.07) is 0. The van der Waals surface area contributed by atoms with Gasteiger partial charge in [0.25, 0.3) is 0 Å². The Kier molecular flexibility index (Phi) is 8.70. The molecule has 0 radical (unpaired) electrons. The third-order valence-corrected chi connectivity index (χ3v) is 25.8. The smallest absolute Gasteiger partial charge is 0.201 e. The molecule has 1 heterocycles. The molecular weight excluding hydrogens is 397 g/mol. The fraction of sp³-hybridized carbons (Fsp3) is 1.00. The van der Waals surface area contributed by atoms with Crippen LogP contribution in [-0.4, -0.2) is 23.0 Å². The molecule has 0 aliphatic carbocycles. The van der Waals surface area contributed by atoms with Crippen molar-refractivity contribution in [2.24, 2.45) is 13.5 Å². The van der Waals surface area contributed by atoms with E-state index in [2.05, 4.69) is 9.03 Å². The molecule has 1 aliphatic rings. The Morgan fingerprint density at radius 3 is 1.35 bits per heavy atom. The molecule has 3 nitrogen and oxygen atoms in total. The zero-order valence-electron chi connectivity index (χ0n) is 11.9. The average Bonchev–Trinajstić information content (AvgIpc) is 2.27. The molecule has 1 aliphatic heterocycles. The molecule has 0 aromatic heterocycles. The molecule has 0 fully saturated rings. The van der Waals surface area contributed by atoms with Crippen LogP contribution in [0.5, 0.6) is 0 Å². The third kappa shape index (κ3) is 5.54. The molecule has 0 atom stereocenters. The second-order valence-corrected chi connectivity index (χ2v) is 22.3. The van der Waals surface area contributed by atoms with Gasteiger partial charge in [-0.25, -0.2) is 4.52 Å². The van der Waals surface area contributed by atoms with Crippen LogP contribution >= 0.6 is 64.6 Å². The highest BCUT2D eigenvalue weighted by Gasteiger charge is 2.38. The van der Waals surface area contributed by atoms with Gasteiger partial charge in [-0.2, -0.15) is 9.03 Å². The van der Waals surface area contributed by atoms with E-state index in [-0.39, 0.29) is 0 Å². The molecule has 120 valence electrons. The summed E-state index contributed by atoms with van der Waals surface area (Å²) in [4.78, 5) is 0. The van der Waals surface area contributed by atoms with Crippen LogP contribution in [0.4, 0.5) is 8.39 Å². The van der Waals surface area contributed by atoms with E-state index in [4.69, 9.17) is 4.52 Å². The van der Waals surface area contributed by atoms with Gasteiger partial charge in [-0.05, 0) is 23.0 Å². The predicted molar refractivity (Wildman–Crippen MR) is 103 cm³/mol. The van der Waals surface area contributed by atoms with Crippen molar-refractivity contribution in [2.75, 3.05) is 23.0 Å². The predicted octanol–water partition coefficient (Wildman–Crippen LogP) is 8.79. The molecule has 0 N–H and O–H groups in total. The van der Waals surface area contributed by atoms with Gasteiger partial charge in [0.2, 0.25) is 0 Å². The molecule has 0 unspecified atom stereocenters. The number of hydrogen-bond acceptors (Lipinski definition) is 7. The maximum Gasteiger partial charge on any atom is 0.419 e. The molecule has 0 saturated carbocycles. The van der Waals surface area contributed by atoms with Crippen LogP contribution in [0.25, 0.3) is 0 Å². The third-order valence-electron chi connectivity index (χ3n) is 1.86. The molecular formula is C8H20F2N3P3S4. The minimum absolute atomic E-state index is 0.765. The Labute approximate surface area is 136 Å². The summed E-state index contributed by atoms with van der Waals surface area (Å²) in [7, 11) is -4.53. The second-order valence-electron chi connectivity index (χ2n) is 3.38. The molecule has 0 saturated heterocycles. The minimum Gasteiger partial charge on any atom is -0.201 e. The Hall–Kier alpha value is 1.95. The lowest BCUT2D eigenvalue weighted by Gasteiger charge is -2.28. The van der Waals surface area contributed by atoms with Crippen molar-refractivity contribution >= 4 is 64.6 Å². The summed E-state index contributed by atoms with van der Waals surface area (Å²) in [6.45, 7) is 7.93. The summed E-state index contributed by atoms with van der Waals surface area (Å²) in [5, 5.41) is 0. The zero-order chi connectivity index (χ0) is 15.3. The van der Waals surface area contributed by atoms with Gasteiger partial charge in [0.05, 0.1) is 0 Å². The van der Waals surface area contributed by atoms with Crippen LogP contribution in [0.15, 0.2) is 13.5 Å². The van der Waals surface area contributed by atoms with E-state index in [1.807, 2.05) is 27.7 Å². The number of nitrogens with zero attached hydrogens (tertiary/aromatic N) is 3. The van der Waals surface area contributed by atoms with Gasteiger partial charge < -0.3 is 0 Å². The van der Waals surface area contributed by atoms with Crippen LogP contribution in [0, 0.1) is 0 Å². The van der Waals surface area contributed by atoms with E-state index in [9.17, 15) is 8.39 Å². The van der Waals surface area contributed by atoms with Crippen LogP contribution in [-0.2, 0) is 0 Å². The highest BCUT2D eigenvalue weighted by atomic mass is 33.1. The Bertz CT molecular complexity index is 458. The van der Waals surface area contributed by atoms with Gasteiger partial charge in [-0.15, -0.1) is 8.39 Å². The van der Waals surface area contributed by atoms with Crippen molar-refractivity contribution < 1.29 is 8.39 Å². The summed E-state index contributed by atoms with van der Waals surface area (Å²) in [5.41, 5.74) is -4.79. The first kappa shape index (κ1) is 20.0.